The molecule has 15 heavy (non-hydrogen) atoms. The van der Waals surface area contributed by atoms with Gasteiger partial charge in [0.05, 0.1) is 5.69 Å². The Morgan fingerprint density at radius 2 is 2.20 bits per heavy atom. The van der Waals surface area contributed by atoms with Crippen LogP contribution < -0.4 is 5.73 Å². The van der Waals surface area contributed by atoms with Crippen LogP contribution in [0.15, 0.2) is 6.20 Å². The average Bonchev–Trinajstić information content (AvgIpc) is 2.80. The fraction of sp³-hybridized carbons (Fsp3) is 0.750. The van der Waals surface area contributed by atoms with Gasteiger partial charge in [-0.15, -0.1) is 0 Å². The van der Waals surface area contributed by atoms with Crippen LogP contribution in [0.3, 0.4) is 0 Å². The summed E-state index contributed by atoms with van der Waals surface area (Å²) in [7, 11) is 2.00. The van der Waals surface area contributed by atoms with Gasteiger partial charge in [-0.2, -0.15) is 5.10 Å². The molecule has 1 aliphatic rings. The van der Waals surface area contributed by atoms with E-state index in [4.69, 9.17) is 5.73 Å². The van der Waals surface area contributed by atoms with E-state index in [0.29, 0.717) is 11.8 Å². The predicted octanol–water partition coefficient (Wildman–Crippen LogP) is 1.78. The van der Waals surface area contributed by atoms with Crippen molar-refractivity contribution in [3.8, 4) is 0 Å². The van der Waals surface area contributed by atoms with Gasteiger partial charge in [-0.1, -0.05) is 20.8 Å². The van der Waals surface area contributed by atoms with Crippen LogP contribution in [0, 0.1) is 5.92 Å². The SMILES string of the molecule is Cn1cc(C2CC2CN)c(C(C)(C)C)n1. The Labute approximate surface area is 91.7 Å². The highest BCUT2D eigenvalue weighted by Gasteiger charge is 2.41. The minimum absolute atomic E-state index is 0.137. The van der Waals surface area contributed by atoms with E-state index >= 15 is 0 Å². The number of nitrogens with two attached hydrogens (primary N) is 1. The van der Waals surface area contributed by atoms with Crippen molar-refractivity contribution in [2.45, 2.75) is 38.5 Å². The lowest BCUT2D eigenvalue weighted by atomic mass is 9.88. The average molecular weight is 207 g/mol. The van der Waals surface area contributed by atoms with Gasteiger partial charge in [0.15, 0.2) is 0 Å². The molecule has 1 fully saturated rings. The molecule has 2 N–H and O–H groups in total. The van der Waals surface area contributed by atoms with Crippen molar-refractivity contribution < 1.29 is 0 Å². The highest BCUT2D eigenvalue weighted by Crippen LogP contribution is 2.49. The summed E-state index contributed by atoms with van der Waals surface area (Å²) in [6.07, 6.45) is 3.41. The number of hydrogen-bond donors (Lipinski definition) is 1. The van der Waals surface area contributed by atoms with Crippen LogP contribution >= 0.6 is 0 Å². The van der Waals surface area contributed by atoms with Crippen molar-refractivity contribution in [3.63, 3.8) is 0 Å². The summed E-state index contributed by atoms with van der Waals surface area (Å²) in [6.45, 7) is 7.47. The highest BCUT2D eigenvalue weighted by atomic mass is 15.3. The number of hydrogen-bond acceptors (Lipinski definition) is 2. The Balaban J connectivity index is 2.31. The first kappa shape index (κ1) is 10.7. The minimum atomic E-state index is 0.137. The summed E-state index contributed by atoms with van der Waals surface area (Å²) in [6, 6.07) is 0. The van der Waals surface area contributed by atoms with Crippen LogP contribution in [0.25, 0.3) is 0 Å². The zero-order chi connectivity index (χ0) is 11.2. The second-order valence-corrected chi connectivity index (χ2v) is 5.69. The first-order valence-electron chi connectivity index (χ1n) is 5.67. The predicted molar refractivity (Wildman–Crippen MR) is 61.8 cm³/mol. The molecule has 1 aromatic heterocycles. The van der Waals surface area contributed by atoms with E-state index in [9.17, 15) is 0 Å². The van der Waals surface area contributed by atoms with Crippen LogP contribution in [0.2, 0.25) is 0 Å². The molecule has 0 saturated heterocycles. The van der Waals surface area contributed by atoms with Crippen molar-refractivity contribution in [3.05, 3.63) is 17.5 Å². The van der Waals surface area contributed by atoms with Crippen molar-refractivity contribution in [2.24, 2.45) is 18.7 Å². The molecular weight excluding hydrogens is 186 g/mol. The standard InChI is InChI=1S/C12H21N3/c1-12(2,3)11-10(7-15(4)14-11)9-5-8(9)6-13/h7-9H,5-6,13H2,1-4H3. The first-order chi connectivity index (χ1) is 6.93. The lowest BCUT2D eigenvalue weighted by molar-refractivity contribution is 0.547. The summed E-state index contributed by atoms with van der Waals surface area (Å²) < 4.78 is 1.93. The van der Waals surface area contributed by atoms with E-state index < -0.39 is 0 Å². The van der Waals surface area contributed by atoms with Gasteiger partial charge in [0.2, 0.25) is 0 Å². The van der Waals surface area contributed by atoms with E-state index in [-0.39, 0.29) is 5.41 Å². The van der Waals surface area contributed by atoms with Crippen molar-refractivity contribution >= 4 is 0 Å². The maximum atomic E-state index is 5.70. The Hall–Kier alpha value is -0.830. The van der Waals surface area contributed by atoms with Gasteiger partial charge in [0, 0.05) is 18.7 Å². The zero-order valence-electron chi connectivity index (χ0n) is 10.1. The third kappa shape index (κ3) is 1.93. The van der Waals surface area contributed by atoms with Crippen molar-refractivity contribution in [2.75, 3.05) is 6.54 Å². The first-order valence-corrected chi connectivity index (χ1v) is 5.67. The molecule has 2 rings (SSSR count). The minimum Gasteiger partial charge on any atom is -0.330 e. The molecule has 1 saturated carbocycles. The normalized spacial score (nSPS) is 25.7. The fourth-order valence-corrected chi connectivity index (χ4v) is 2.25. The molecule has 1 heterocycles. The maximum absolute atomic E-state index is 5.70. The van der Waals surface area contributed by atoms with Gasteiger partial charge < -0.3 is 5.73 Å². The van der Waals surface area contributed by atoms with Crippen LogP contribution in [0.5, 0.6) is 0 Å². The van der Waals surface area contributed by atoms with Gasteiger partial charge in [0.1, 0.15) is 0 Å². The lowest BCUT2D eigenvalue weighted by Crippen LogP contribution is -2.15. The van der Waals surface area contributed by atoms with E-state index in [1.807, 2.05) is 11.7 Å². The van der Waals surface area contributed by atoms with Crippen molar-refractivity contribution in [1.82, 2.24) is 9.78 Å². The summed E-state index contributed by atoms with van der Waals surface area (Å²) in [5, 5.41) is 4.59. The Morgan fingerprint density at radius 1 is 1.53 bits per heavy atom. The molecule has 3 nitrogen and oxygen atoms in total. The largest absolute Gasteiger partial charge is 0.330 e. The van der Waals surface area contributed by atoms with Gasteiger partial charge in [-0.25, -0.2) is 0 Å². The number of nitrogens with zero attached hydrogens (tertiary/aromatic N) is 2. The Morgan fingerprint density at radius 3 is 2.67 bits per heavy atom. The second kappa shape index (κ2) is 3.34. The van der Waals surface area contributed by atoms with Gasteiger partial charge in [0.25, 0.3) is 0 Å². The molecule has 0 aromatic carbocycles. The third-order valence-electron chi connectivity index (χ3n) is 3.19. The topological polar surface area (TPSA) is 43.8 Å². The molecule has 2 unspecified atom stereocenters. The van der Waals surface area contributed by atoms with Gasteiger partial charge in [-0.05, 0) is 30.4 Å². The smallest absolute Gasteiger partial charge is 0.0712 e. The molecule has 1 aromatic rings. The maximum Gasteiger partial charge on any atom is 0.0712 e. The monoisotopic (exact) mass is 207 g/mol. The number of aromatic nitrogens is 2. The molecule has 0 radical (unpaired) electrons. The van der Waals surface area contributed by atoms with Crippen LogP contribution in [0.4, 0.5) is 0 Å². The van der Waals surface area contributed by atoms with E-state index in [2.05, 4.69) is 32.1 Å². The Bertz CT molecular complexity index is 359. The van der Waals surface area contributed by atoms with Gasteiger partial charge >= 0.3 is 0 Å². The van der Waals surface area contributed by atoms with Crippen LogP contribution in [0.1, 0.15) is 44.4 Å². The molecule has 3 heteroatoms. The highest BCUT2D eigenvalue weighted by molar-refractivity contribution is 5.32. The van der Waals surface area contributed by atoms with E-state index in [1.54, 1.807) is 0 Å². The quantitative estimate of drug-likeness (QED) is 0.803. The lowest BCUT2D eigenvalue weighted by Gasteiger charge is -2.17. The number of rotatable bonds is 2. The summed E-state index contributed by atoms with van der Waals surface area (Å²) >= 11 is 0. The van der Waals surface area contributed by atoms with Gasteiger partial charge in [-0.3, -0.25) is 4.68 Å². The van der Waals surface area contributed by atoms with Crippen molar-refractivity contribution in [1.29, 1.82) is 0 Å². The molecule has 0 aliphatic heterocycles. The van der Waals surface area contributed by atoms with E-state index in [0.717, 1.165) is 6.54 Å². The summed E-state index contributed by atoms with van der Waals surface area (Å²) in [5.74, 6) is 1.35. The third-order valence-corrected chi connectivity index (χ3v) is 3.19. The molecular formula is C12H21N3. The number of aryl methyl sites for hydroxylation is 1. The molecule has 84 valence electrons. The van der Waals surface area contributed by atoms with Crippen LogP contribution in [-0.2, 0) is 12.5 Å². The molecule has 1 aliphatic carbocycles. The van der Waals surface area contributed by atoms with E-state index in [1.165, 1.54) is 17.7 Å². The molecule has 2 atom stereocenters. The molecule has 0 spiro atoms. The fourth-order valence-electron chi connectivity index (χ4n) is 2.25. The summed E-state index contributed by atoms with van der Waals surface area (Å²) in [5.41, 5.74) is 8.50. The van der Waals surface area contributed by atoms with Crippen LogP contribution in [-0.4, -0.2) is 16.3 Å². The molecule has 0 amide bonds. The second-order valence-electron chi connectivity index (χ2n) is 5.69. The zero-order valence-corrected chi connectivity index (χ0v) is 10.1. The molecule has 0 bridgehead atoms. The summed E-state index contributed by atoms with van der Waals surface area (Å²) in [4.78, 5) is 0. The Kier molecular flexibility index (Phi) is 2.38.